The van der Waals surface area contributed by atoms with Gasteiger partial charge in [0.25, 0.3) is 0 Å². The van der Waals surface area contributed by atoms with Crippen molar-refractivity contribution >= 4 is 5.78 Å². The van der Waals surface area contributed by atoms with Gasteiger partial charge >= 0.3 is 0 Å². The normalized spacial score (nSPS) is 47.3. The molecule has 3 fully saturated rings. The maximum Gasteiger partial charge on any atom is 0.145 e. The minimum atomic E-state index is -1.48. The van der Waals surface area contributed by atoms with Crippen LogP contribution in [0.2, 0.25) is 0 Å². The van der Waals surface area contributed by atoms with Gasteiger partial charge in [0.05, 0.1) is 30.3 Å². The molecule has 0 spiro atoms. The van der Waals surface area contributed by atoms with E-state index in [0.717, 1.165) is 12.8 Å². The number of Topliss-reactive ketones (excluding diaryl/α,β-unsaturated/α-hetero) is 1. The van der Waals surface area contributed by atoms with Crippen LogP contribution in [0.25, 0.3) is 0 Å². The Hall–Kier alpha value is -0.830. The summed E-state index contributed by atoms with van der Waals surface area (Å²) in [6, 6.07) is 0. The van der Waals surface area contributed by atoms with Gasteiger partial charge in [0, 0.05) is 18.4 Å². The molecule has 3 aliphatic rings. The van der Waals surface area contributed by atoms with Crippen LogP contribution in [0.5, 0.6) is 0 Å². The van der Waals surface area contributed by atoms with E-state index >= 15 is 0 Å². The largest absolute Gasteiger partial charge is 0.396 e. The molecule has 0 aromatic carbocycles. The number of rotatable bonds is 7. The predicted molar refractivity (Wildman–Crippen MR) is 124 cm³/mol. The van der Waals surface area contributed by atoms with Gasteiger partial charge in [-0.2, -0.15) is 0 Å². The summed E-state index contributed by atoms with van der Waals surface area (Å²) in [7, 11) is 0. The van der Waals surface area contributed by atoms with E-state index < -0.39 is 48.3 Å². The molecule has 0 radical (unpaired) electrons. The molecular formula is C26H44O7. The van der Waals surface area contributed by atoms with Crippen LogP contribution in [0.15, 0.2) is 12.2 Å². The fraction of sp³-hybridized carbons (Fsp3) is 0.885. The van der Waals surface area contributed by atoms with Gasteiger partial charge in [0.1, 0.15) is 11.9 Å². The minimum Gasteiger partial charge on any atom is -0.396 e. The molecule has 0 saturated heterocycles. The fourth-order valence-corrected chi connectivity index (χ4v) is 7.70. The van der Waals surface area contributed by atoms with Gasteiger partial charge in [0.2, 0.25) is 0 Å². The van der Waals surface area contributed by atoms with E-state index in [-0.39, 0.29) is 48.4 Å². The van der Waals surface area contributed by atoms with Crippen molar-refractivity contribution in [2.45, 2.75) is 84.2 Å². The quantitative estimate of drug-likeness (QED) is 0.310. The maximum atomic E-state index is 14.0. The van der Waals surface area contributed by atoms with E-state index in [2.05, 4.69) is 39.8 Å². The molecule has 0 amide bonds. The molecule has 3 aliphatic carbocycles. The molecule has 0 bridgehead atoms. The number of aliphatic hydroxyl groups excluding tert-OH is 6. The third-order valence-corrected chi connectivity index (χ3v) is 9.40. The van der Waals surface area contributed by atoms with Gasteiger partial charge in [-0.3, -0.25) is 4.79 Å². The summed E-state index contributed by atoms with van der Waals surface area (Å²) in [5.41, 5.74) is -1.81. The first-order valence-electron chi connectivity index (χ1n) is 12.6. The number of fused-ring (bicyclic) bond motifs is 1. The van der Waals surface area contributed by atoms with E-state index in [1.165, 1.54) is 0 Å². The van der Waals surface area contributed by atoms with Crippen LogP contribution in [0.3, 0.4) is 0 Å². The van der Waals surface area contributed by atoms with Crippen LogP contribution in [0.4, 0.5) is 0 Å². The lowest BCUT2D eigenvalue weighted by atomic mass is 9.50. The van der Waals surface area contributed by atoms with E-state index in [1.807, 2.05) is 0 Å². The first-order valence-corrected chi connectivity index (χ1v) is 12.6. The summed E-state index contributed by atoms with van der Waals surface area (Å²) in [5.74, 6) is -0.903. The first-order chi connectivity index (χ1) is 15.4. The van der Waals surface area contributed by atoms with Crippen LogP contribution >= 0.6 is 0 Å². The Morgan fingerprint density at radius 1 is 1.00 bits per heavy atom. The fourth-order valence-electron chi connectivity index (χ4n) is 7.70. The van der Waals surface area contributed by atoms with Crippen molar-refractivity contribution < 1.29 is 35.4 Å². The highest BCUT2D eigenvalue weighted by Crippen LogP contribution is 2.60. The highest BCUT2D eigenvalue weighted by molar-refractivity contribution is 5.89. The van der Waals surface area contributed by atoms with Crippen molar-refractivity contribution in [1.82, 2.24) is 0 Å². The summed E-state index contributed by atoms with van der Waals surface area (Å²) in [5, 5.41) is 62.5. The molecule has 7 heteroatoms. The summed E-state index contributed by atoms with van der Waals surface area (Å²) in [6.07, 6.45) is 1.25. The van der Waals surface area contributed by atoms with Gasteiger partial charge in [-0.15, -0.1) is 0 Å². The van der Waals surface area contributed by atoms with Gasteiger partial charge in [-0.05, 0) is 61.2 Å². The Morgan fingerprint density at radius 3 is 2.24 bits per heavy atom. The molecular weight excluding hydrogens is 424 g/mol. The zero-order valence-electron chi connectivity index (χ0n) is 20.5. The maximum absolute atomic E-state index is 14.0. The Balaban J connectivity index is 1.96. The second-order valence-corrected chi connectivity index (χ2v) is 11.6. The van der Waals surface area contributed by atoms with Gasteiger partial charge in [-0.1, -0.05) is 39.8 Å². The highest BCUT2D eigenvalue weighted by Gasteiger charge is 2.65. The summed E-state index contributed by atoms with van der Waals surface area (Å²) >= 11 is 0. The van der Waals surface area contributed by atoms with Gasteiger partial charge in [0.15, 0.2) is 0 Å². The third-order valence-electron chi connectivity index (χ3n) is 9.40. The average Bonchev–Trinajstić information content (AvgIpc) is 3.09. The zero-order valence-corrected chi connectivity index (χ0v) is 20.5. The molecule has 0 aliphatic heterocycles. The molecule has 33 heavy (non-hydrogen) atoms. The summed E-state index contributed by atoms with van der Waals surface area (Å²) in [6.45, 7) is 7.99. The summed E-state index contributed by atoms with van der Waals surface area (Å²) < 4.78 is 0. The molecule has 0 heterocycles. The molecule has 190 valence electrons. The Kier molecular flexibility index (Phi) is 8.14. The van der Waals surface area contributed by atoms with Crippen LogP contribution in [0, 0.1) is 46.3 Å². The van der Waals surface area contributed by atoms with Gasteiger partial charge in [-0.25, -0.2) is 0 Å². The SMILES string of the molecule is CC(C)/C=C/[C@@H](C)[C@H]1CC[C@@H]([C@@H]2C[C@@H](O)[C@H]3[C@H](O)[C@H](O)[C@H](O)C[C@]3(CO)C2=O)[C@]1(C)CCO. The lowest BCUT2D eigenvalue weighted by Gasteiger charge is -2.56. The smallest absolute Gasteiger partial charge is 0.145 e. The topological polar surface area (TPSA) is 138 Å². The molecule has 0 unspecified atom stereocenters. The van der Waals surface area contributed by atoms with E-state index in [9.17, 15) is 35.4 Å². The second kappa shape index (κ2) is 10.0. The summed E-state index contributed by atoms with van der Waals surface area (Å²) in [4.78, 5) is 14.0. The number of ketones is 1. The lowest BCUT2D eigenvalue weighted by Crippen LogP contribution is -2.67. The Morgan fingerprint density at radius 2 is 1.67 bits per heavy atom. The average molecular weight is 469 g/mol. The molecule has 3 saturated carbocycles. The molecule has 0 aromatic rings. The monoisotopic (exact) mass is 468 g/mol. The van der Waals surface area contributed by atoms with Crippen LogP contribution in [-0.2, 0) is 4.79 Å². The molecule has 7 nitrogen and oxygen atoms in total. The Labute approximate surface area is 197 Å². The lowest BCUT2D eigenvalue weighted by molar-refractivity contribution is -0.216. The van der Waals surface area contributed by atoms with Crippen molar-refractivity contribution in [3.63, 3.8) is 0 Å². The number of hydrogen-bond acceptors (Lipinski definition) is 7. The molecule has 0 aromatic heterocycles. The highest BCUT2D eigenvalue weighted by atomic mass is 16.4. The van der Waals surface area contributed by atoms with Crippen molar-refractivity contribution in [2.75, 3.05) is 13.2 Å². The van der Waals surface area contributed by atoms with Crippen molar-refractivity contribution in [3.8, 4) is 0 Å². The van der Waals surface area contributed by atoms with Crippen LogP contribution in [0.1, 0.15) is 59.8 Å². The van der Waals surface area contributed by atoms with E-state index in [0.29, 0.717) is 12.3 Å². The number of carbonyl (C=O) groups is 1. The first kappa shape index (κ1) is 26.8. The second-order valence-electron chi connectivity index (χ2n) is 11.6. The molecule has 3 rings (SSSR count). The standard InChI is InChI=1S/C26H44O7/c1-14(2)5-6-15(3)17-7-8-18(25(17,4)9-10-27)16-11-19(29)21-23(32)22(31)20(30)12-26(21,13-28)24(16)33/h5-6,14-23,27-32H,7-13H2,1-4H3/b6-5+/t15-,16+,17-,18+,19-,20-,21+,22-,23+,25-,26-/m1/s1. The number of hydrogen-bond donors (Lipinski definition) is 6. The van der Waals surface area contributed by atoms with E-state index in [1.54, 1.807) is 0 Å². The predicted octanol–water partition coefficient (Wildman–Crippen LogP) is 1.28. The molecule has 6 N–H and O–H groups in total. The number of carbonyl (C=O) groups excluding carboxylic acids is 1. The Bertz CT molecular complexity index is 723. The number of allylic oxidation sites excluding steroid dienone is 2. The minimum absolute atomic E-state index is 0.00493. The van der Waals surface area contributed by atoms with Crippen molar-refractivity contribution in [3.05, 3.63) is 12.2 Å². The molecule has 11 atom stereocenters. The number of aliphatic hydroxyl groups is 6. The van der Waals surface area contributed by atoms with Crippen LogP contribution in [-0.4, -0.2) is 74.1 Å². The van der Waals surface area contributed by atoms with E-state index in [4.69, 9.17) is 0 Å². The third kappa shape index (κ3) is 4.45. The van der Waals surface area contributed by atoms with Gasteiger partial charge < -0.3 is 30.6 Å². The van der Waals surface area contributed by atoms with Crippen molar-refractivity contribution in [1.29, 1.82) is 0 Å². The zero-order chi connectivity index (χ0) is 24.7. The van der Waals surface area contributed by atoms with Crippen molar-refractivity contribution in [2.24, 2.45) is 46.3 Å². The van der Waals surface area contributed by atoms with Crippen LogP contribution < -0.4 is 0 Å².